The first-order chi connectivity index (χ1) is 10.3. The third kappa shape index (κ3) is 3.85. The van der Waals surface area contributed by atoms with Gasteiger partial charge in [-0.15, -0.1) is 0 Å². The summed E-state index contributed by atoms with van der Waals surface area (Å²) in [6.45, 7) is 4.61. The van der Waals surface area contributed by atoms with Crippen LogP contribution in [-0.2, 0) is 11.3 Å². The van der Waals surface area contributed by atoms with E-state index >= 15 is 0 Å². The zero-order valence-corrected chi connectivity index (χ0v) is 13.8. The molecular formula is C17H25N3O2. The van der Waals surface area contributed by atoms with Crippen molar-refractivity contribution in [1.29, 1.82) is 0 Å². The van der Waals surface area contributed by atoms with E-state index in [0.29, 0.717) is 24.9 Å². The van der Waals surface area contributed by atoms with Crippen LogP contribution in [0.3, 0.4) is 0 Å². The molecule has 22 heavy (non-hydrogen) atoms. The lowest BCUT2D eigenvalue weighted by Gasteiger charge is -2.39. The summed E-state index contributed by atoms with van der Waals surface area (Å²) in [5.74, 6) is -0.0322. The number of hydrogen-bond acceptors (Lipinski definition) is 3. The molecule has 5 heteroatoms. The molecule has 120 valence electrons. The van der Waals surface area contributed by atoms with E-state index in [1.165, 1.54) is 0 Å². The summed E-state index contributed by atoms with van der Waals surface area (Å²) in [6.07, 6.45) is 1.12. The van der Waals surface area contributed by atoms with Crippen molar-refractivity contribution in [2.24, 2.45) is 0 Å². The zero-order valence-electron chi connectivity index (χ0n) is 13.8. The van der Waals surface area contributed by atoms with Crippen molar-refractivity contribution in [2.75, 3.05) is 14.1 Å². The topological polar surface area (TPSA) is 61.4 Å². The van der Waals surface area contributed by atoms with Crippen LogP contribution in [0, 0.1) is 0 Å². The maximum Gasteiger partial charge on any atom is 0.251 e. The van der Waals surface area contributed by atoms with E-state index < -0.39 is 5.54 Å². The number of nitrogens with one attached hydrogen (secondary N) is 2. The second kappa shape index (κ2) is 6.48. The number of carbonyl (C=O) groups is 2. The van der Waals surface area contributed by atoms with Crippen LogP contribution in [0.1, 0.15) is 42.6 Å². The maximum atomic E-state index is 12.6. The minimum Gasteiger partial charge on any atom is -0.349 e. The summed E-state index contributed by atoms with van der Waals surface area (Å²) in [4.78, 5) is 26.2. The molecule has 0 spiro atoms. The van der Waals surface area contributed by atoms with E-state index in [0.717, 1.165) is 5.56 Å². The molecule has 5 nitrogen and oxygen atoms in total. The Bertz CT molecular complexity index is 567. The smallest absolute Gasteiger partial charge is 0.251 e. The van der Waals surface area contributed by atoms with E-state index in [-0.39, 0.29) is 17.9 Å². The summed E-state index contributed by atoms with van der Waals surface area (Å²) in [5, 5.41) is 6.03. The Labute approximate surface area is 132 Å². The van der Waals surface area contributed by atoms with Crippen LogP contribution in [0.25, 0.3) is 0 Å². The van der Waals surface area contributed by atoms with E-state index in [2.05, 4.69) is 10.6 Å². The Morgan fingerprint density at radius 3 is 2.68 bits per heavy atom. The molecule has 0 bridgehead atoms. The van der Waals surface area contributed by atoms with E-state index in [1.807, 2.05) is 57.1 Å². The van der Waals surface area contributed by atoms with Crippen LogP contribution in [0.4, 0.5) is 0 Å². The van der Waals surface area contributed by atoms with E-state index in [9.17, 15) is 9.59 Å². The van der Waals surface area contributed by atoms with Gasteiger partial charge in [0.05, 0.1) is 11.6 Å². The summed E-state index contributed by atoms with van der Waals surface area (Å²) >= 11 is 0. The molecular weight excluding hydrogens is 278 g/mol. The lowest BCUT2D eigenvalue weighted by molar-refractivity contribution is -0.125. The van der Waals surface area contributed by atoms with Gasteiger partial charge in [-0.25, -0.2) is 0 Å². The van der Waals surface area contributed by atoms with Gasteiger partial charge in [-0.1, -0.05) is 18.2 Å². The quantitative estimate of drug-likeness (QED) is 0.887. The normalized spacial score (nSPS) is 20.6. The van der Waals surface area contributed by atoms with Crippen molar-refractivity contribution in [3.8, 4) is 0 Å². The predicted octanol–water partition coefficient (Wildman–Crippen LogP) is 1.54. The van der Waals surface area contributed by atoms with Crippen LogP contribution in [0.2, 0.25) is 0 Å². The predicted molar refractivity (Wildman–Crippen MR) is 86.5 cm³/mol. The lowest BCUT2D eigenvalue weighted by Crippen LogP contribution is -2.62. The largest absolute Gasteiger partial charge is 0.349 e. The Morgan fingerprint density at radius 1 is 1.36 bits per heavy atom. The second-order valence-corrected chi connectivity index (χ2v) is 6.73. The van der Waals surface area contributed by atoms with Gasteiger partial charge in [-0.3, -0.25) is 9.59 Å². The van der Waals surface area contributed by atoms with E-state index in [1.54, 1.807) is 0 Å². The third-order valence-corrected chi connectivity index (χ3v) is 4.05. The Hall–Kier alpha value is -1.88. The SMILES string of the molecule is CN(C)Cc1ccccc1C(=O)NC1CCC(=O)NC1(C)C. The maximum absolute atomic E-state index is 12.6. The fourth-order valence-corrected chi connectivity index (χ4v) is 2.85. The summed E-state index contributed by atoms with van der Waals surface area (Å²) in [6, 6.07) is 7.58. The third-order valence-electron chi connectivity index (χ3n) is 4.05. The molecule has 1 aromatic carbocycles. The molecule has 1 aliphatic heterocycles. The van der Waals surface area contributed by atoms with Crippen molar-refractivity contribution in [3.05, 3.63) is 35.4 Å². The van der Waals surface area contributed by atoms with Crippen LogP contribution in [0.5, 0.6) is 0 Å². The number of carbonyl (C=O) groups excluding carboxylic acids is 2. The molecule has 1 aliphatic rings. The van der Waals surface area contributed by atoms with Crippen molar-refractivity contribution < 1.29 is 9.59 Å². The number of benzene rings is 1. The van der Waals surface area contributed by atoms with Crippen LogP contribution < -0.4 is 10.6 Å². The van der Waals surface area contributed by atoms with Gasteiger partial charge in [0.2, 0.25) is 5.91 Å². The minimum absolute atomic E-state index is 0.0449. The van der Waals surface area contributed by atoms with Gasteiger partial charge in [0.15, 0.2) is 0 Å². The van der Waals surface area contributed by atoms with Crippen molar-refractivity contribution in [2.45, 2.75) is 44.8 Å². The number of piperidine rings is 1. The first-order valence-corrected chi connectivity index (χ1v) is 7.64. The fraction of sp³-hybridized carbons (Fsp3) is 0.529. The van der Waals surface area contributed by atoms with Crippen LogP contribution >= 0.6 is 0 Å². The van der Waals surface area contributed by atoms with Crippen molar-refractivity contribution in [1.82, 2.24) is 15.5 Å². The number of hydrogen-bond donors (Lipinski definition) is 2. The van der Waals surface area contributed by atoms with Gasteiger partial charge >= 0.3 is 0 Å². The van der Waals surface area contributed by atoms with Gasteiger partial charge in [-0.2, -0.15) is 0 Å². The number of nitrogens with zero attached hydrogens (tertiary/aromatic N) is 1. The van der Waals surface area contributed by atoms with Gasteiger partial charge in [0.25, 0.3) is 5.91 Å². The molecule has 0 aliphatic carbocycles. The molecule has 0 radical (unpaired) electrons. The fourth-order valence-electron chi connectivity index (χ4n) is 2.85. The summed E-state index contributed by atoms with van der Waals surface area (Å²) in [5.41, 5.74) is 1.27. The van der Waals surface area contributed by atoms with Crippen LogP contribution in [0.15, 0.2) is 24.3 Å². The van der Waals surface area contributed by atoms with Crippen LogP contribution in [-0.4, -0.2) is 42.4 Å². The summed E-state index contributed by atoms with van der Waals surface area (Å²) in [7, 11) is 3.96. The first-order valence-electron chi connectivity index (χ1n) is 7.64. The highest BCUT2D eigenvalue weighted by Crippen LogP contribution is 2.21. The molecule has 1 heterocycles. The Balaban J connectivity index is 2.14. The molecule has 1 saturated heterocycles. The first kappa shape index (κ1) is 16.5. The molecule has 2 amide bonds. The van der Waals surface area contributed by atoms with E-state index in [4.69, 9.17) is 0 Å². The van der Waals surface area contributed by atoms with Gasteiger partial charge in [-0.05, 0) is 46.0 Å². The number of rotatable bonds is 4. The monoisotopic (exact) mass is 303 g/mol. The summed E-state index contributed by atoms with van der Waals surface area (Å²) < 4.78 is 0. The van der Waals surface area contributed by atoms with Gasteiger partial charge < -0.3 is 15.5 Å². The molecule has 1 unspecified atom stereocenters. The Morgan fingerprint density at radius 2 is 2.05 bits per heavy atom. The van der Waals surface area contributed by atoms with Gasteiger partial charge in [0.1, 0.15) is 0 Å². The van der Waals surface area contributed by atoms with Crippen molar-refractivity contribution >= 4 is 11.8 Å². The van der Waals surface area contributed by atoms with Crippen molar-refractivity contribution in [3.63, 3.8) is 0 Å². The minimum atomic E-state index is -0.429. The van der Waals surface area contributed by atoms with Gasteiger partial charge in [0, 0.05) is 18.5 Å². The average molecular weight is 303 g/mol. The number of amides is 2. The molecule has 2 N–H and O–H groups in total. The molecule has 0 aromatic heterocycles. The molecule has 2 rings (SSSR count). The highest BCUT2D eigenvalue weighted by Gasteiger charge is 2.36. The molecule has 0 saturated carbocycles. The average Bonchev–Trinajstić information content (AvgIpc) is 2.41. The lowest BCUT2D eigenvalue weighted by atomic mass is 9.86. The zero-order chi connectivity index (χ0) is 16.3. The molecule has 1 atom stereocenters. The standard InChI is InChI=1S/C17H25N3O2/c1-17(2)14(9-10-15(21)19-17)18-16(22)13-8-6-5-7-12(13)11-20(3)4/h5-8,14H,9-11H2,1-4H3,(H,18,22)(H,19,21). The molecule has 1 fully saturated rings. The second-order valence-electron chi connectivity index (χ2n) is 6.73. The Kier molecular flexibility index (Phi) is 4.86. The highest BCUT2D eigenvalue weighted by molar-refractivity contribution is 5.96. The highest BCUT2D eigenvalue weighted by atomic mass is 16.2. The molecule has 1 aromatic rings.